The summed E-state index contributed by atoms with van der Waals surface area (Å²) in [6.45, 7) is 5.00. The Morgan fingerprint density at radius 3 is 2.94 bits per heavy atom. The molecule has 94 valence electrons. The molecule has 1 aliphatic heterocycles. The van der Waals surface area contributed by atoms with Crippen LogP contribution < -0.4 is 10.6 Å². The number of benzene rings is 1. The summed E-state index contributed by atoms with van der Waals surface area (Å²) in [6.07, 6.45) is 1.17. The van der Waals surface area contributed by atoms with Crippen LogP contribution in [-0.2, 0) is 19.5 Å². The zero-order chi connectivity index (χ0) is 12.5. The Labute approximate surface area is 112 Å². The first-order valence-electron chi connectivity index (χ1n) is 6.39. The molecule has 0 bridgehead atoms. The summed E-state index contributed by atoms with van der Waals surface area (Å²) in [4.78, 5) is 5.17. The van der Waals surface area contributed by atoms with E-state index in [-0.39, 0.29) is 0 Å². The van der Waals surface area contributed by atoms with E-state index in [0.29, 0.717) is 6.54 Å². The Bertz CT molecular complexity index is 559. The fourth-order valence-corrected chi connectivity index (χ4v) is 3.55. The Hall–Kier alpha value is -1.32. The SMILES string of the molecule is Cc1sc(CN)cc1CN1CCc2ccccc21. The van der Waals surface area contributed by atoms with Gasteiger partial charge in [-0.05, 0) is 36.6 Å². The summed E-state index contributed by atoms with van der Waals surface area (Å²) in [7, 11) is 0. The van der Waals surface area contributed by atoms with E-state index >= 15 is 0 Å². The second kappa shape index (κ2) is 4.75. The van der Waals surface area contributed by atoms with Crippen molar-refractivity contribution in [3.63, 3.8) is 0 Å². The highest BCUT2D eigenvalue weighted by Gasteiger charge is 2.19. The van der Waals surface area contributed by atoms with Crippen molar-refractivity contribution in [2.24, 2.45) is 5.73 Å². The number of aryl methyl sites for hydroxylation is 1. The number of fused-ring (bicyclic) bond motifs is 1. The Balaban J connectivity index is 1.84. The number of anilines is 1. The van der Waals surface area contributed by atoms with Gasteiger partial charge in [0, 0.05) is 35.1 Å². The summed E-state index contributed by atoms with van der Waals surface area (Å²) in [6, 6.07) is 11.0. The predicted molar refractivity (Wildman–Crippen MR) is 78.1 cm³/mol. The summed E-state index contributed by atoms with van der Waals surface area (Å²) in [5.41, 5.74) is 10.0. The Morgan fingerprint density at radius 2 is 2.17 bits per heavy atom. The van der Waals surface area contributed by atoms with Crippen LogP contribution in [0, 0.1) is 6.92 Å². The van der Waals surface area contributed by atoms with Gasteiger partial charge in [-0.1, -0.05) is 18.2 Å². The lowest BCUT2D eigenvalue weighted by molar-refractivity contribution is 0.834. The summed E-state index contributed by atoms with van der Waals surface area (Å²) < 4.78 is 0. The maximum Gasteiger partial charge on any atom is 0.0440 e. The van der Waals surface area contributed by atoms with Crippen LogP contribution in [0.5, 0.6) is 0 Å². The average Bonchev–Trinajstić information content (AvgIpc) is 2.95. The van der Waals surface area contributed by atoms with Crippen LogP contribution in [0.2, 0.25) is 0 Å². The van der Waals surface area contributed by atoms with Gasteiger partial charge in [0.15, 0.2) is 0 Å². The molecule has 0 saturated heterocycles. The fraction of sp³-hybridized carbons (Fsp3) is 0.333. The molecule has 0 atom stereocenters. The van der Waals surface area contributed by atoms with Gasteiger partial charge in [0.05, 0.1) is 0 Å². The zero-order valence-corrected chi connectivity index (χ0v) is 11.5. The van der Waals surface area contributed by atoms with Crippen molar-refractivity contribution in [2.75, 3.05) is 11.4 Å². The second-order valence-corrected chi connectivity index (χ2v) is 6.14. The first-order chi connectivity index (χ1) is 8.78. The largest absolute Gasteiger partial charge is 0.367 e. The maximum absolute atomic E-state index is 5.71. The van der Waals surface area contributed by atoms with Crippen molar-refractivity contribution in [3.05, 3.63) is 51.2 Å². The minimum Gasteiger partial charge on any atom is -0.367 e. The highest BCUT2D eigenvalue weighted by atomic mass is 32.1. The molecule has 0 amide bonds. The number of nitrogens with two attached hydrogens (primary N) is 1. The lowest BCUT2D eigenvalue weighted by atomic mass is 10.2. The molecule has 0 fully saturated rings. The number of rotatable bonds is 3. The lowest BCUT2D eigenvalue weighted by Crippen LogP contribution is -2.19. The van der Waals surface area contributed by atoms with Crippen LogP contribution in [0.25, 0.3) is 0 Å². The Morgan fingerprint density at radius 1 is 1.33 bits per heavy atom. The van der Waals surface area contributed by atoms with E-state index in [9.17, 15) is 0 Å². The van der Waals surface area contributed by atoms with Gasteiger partial charge in [-0.3, -0.25) is 0 Å². The van der Waals surface area contributed by atoms with Crippen LogP contribution in [0.3, 0.4) is 0 Å². The van der Waals surface area contributed by atoms with Gasteiger partial charge in [0.2, 0.25) is 0 Å². The minimum absolute atomic E-state index is 0.655. The molecule has 1 aliphatic rings. The van der Waals surface area contributed by atoms with Crippen molar-refractivity contribution in [3.8, 4) is 0 Å². The molecule has 2 nitrogen and oxygen atoms in total. The molecule has 1 aromatic carbocycles. The van der Waals surface area contributed by atoms with Crippen molar-refractivity contribution in [2.45, 2.75) is 26.4 Å². The molecule has 0 spiro atoms. The number of hydrogen-bond donors (Lipinski definition) is 1. The third-order valence-corrected chi connectivity index (χ3v) is 4.73. The second-order valence-electron chi connectivity index (χ2n) is 4.80. The van der Waals surface area contributed by atoms with Crippen LogP contribution in [0.15, 0.2) is 30.3 Å². The number of nitrogens with zero attached hydrogens (tertiary/aromatic N) is 1. The minimum atomic E-state index is 0.655. The molecular weight excluding hydrogens is 240 g/mol. The smallest absolute Gasteiger partial charge is 0.0440 e. The molecule has 1 aromatic heterocycles. The van der Waals surface area contributed by atoms with Gasteiger partial charge < -0.3 is 10.6 Å². The maximum atomic E-state index is 5.71. The van der Waals surface area contributed by atoms with Crippen molar-refractivity contribution in [1.29, 1.82) is 0 Å². The quantitative estimate of drug-likeness (QED) is 0.916. The fourth-order valence-electron chi connectivity index (χ4n) is 2.62. The average molecular weight is 258 g/mol. The molecule has 0 saturated carbocycles. The molecule has 0 aliphatic carbocycles. The van der Waals surface area contributed by atoms with Gasteiger partial charge in [-0.15, -0.1) is 11.3 Å². The van der Waals surface area contributed by atoms with Gasteiger partial charge in [-0.2, -0.15) is 0 Å². The third-order valence-electron chi connectivity index (χ3n) is 3.62. The van der Waals surface area contributed by atoms with Crippen LogP contribution in [-0.4, -0.2) is 6.54 Å². The van der Waals surface area contributed by atoms with Crippen LogP contribution in [0.1, 0.15) is 20.9 Å². The molecule has 2 N–H and O–H groups in total. The first kappa shape index (κ1) is 11.8. The monoisotopic (exact) mass is 258 g/mol. The summed E-state index contributed by atoms with van der Waals surface area (Å²) >= 11 is 1.83. The van der Waals surface area contributed by atoms with Gasteiger partial charge in [0.1, 0.15) is 0 Å². The highest BCUT2D eigenvalue weighted by molar-refractivity contribution is 7.12. The van der Waals surface area contributed by atoms with E-state index < -0.39 is 0 Å². The van der Waals surface area contributed by atoms with E-state index in [2.05, 4.69) is 42.2 Å². The zero-order valence-electron chi connectivity index (χ0n) is 10.6. The Kier molecular flexibility index (Phi) is 3.10. The number of para-hydroxylation sites is 1. The van der Waals surface area contributed by atoms with Gasteiger partial charge in [0.25, 0.3) is 0 Å². The molecule has 3 heteroatoms. The van der Waals surface area contributed by atoms with Crippen molar-refractivity contribution >= 4 is 17.0 Å². The molecule has 18 heavy (non-hydrogen) atoms. The molecule has 2 heterocycles. The normalized spacial score (nSPS) is 14.0. The van der Waals surface area contributed by atoms with E-state index in [1.54, 1.807) is 0 Å². The highest BCUT2D eigenvalue weighted by Crippen LogP contribution is 2.31. The van der Waals surface area contributed by atoms with E-state index in [0.717, 1.165) is 13.1 Å². The number of hydrogen-bond acceptors (Lipinski definition) is 3. The number of thiophene rings is 1. The predicted octanol–water partition coefficient (Wildman–Crippen LogP) is 3.08. The molecule has 2 aromatic rings. The summed E-state index contributed by atoms with van der Waals surface area (Å²) in [5, 5.41) is 0. The van der Waals surface area contributed by atoms with E-state index in [4.69, 9.17) is 5.73 Å². The van der Waals surface area contributed by atoms with Crippen molar-refractivity contribution < 1.29 is 0 Å². The third kappa shape index (κ3) is 2.04. The standard InChI is InChI=1S/C15H18N2S/c1-11-13(8-14(9-16)18-11)10-17-7-6-12-4-2-3-5-15(12)17/h2-5,8H,6-7,9-10,16H2,1H3. The molecule has 0 radical (unpaired) electrons. The van der Waals surface area contributed by atoms with Gasteiger partial charge >= 0.3 is 0 Å². The molecule has 3 rings (SSSR count). The van der Waals surface area contributed by atoms with Gasteiger partial charge in [-0.25, -0.2) is 0 Å². The van der Waals surface area contributed by atoms with E-state index in [1.165, 1.54) is 33.0 Å². The molecular formula is C15H18N2S. The lowest BCUT2D eigenvalue weighted by Gasteiger charge is -2.19. The van der Waals surface area contributed by atoms with E-state index in [1.807, 2.05) is 11.3 Å². The van der Waals surface area contributed by atoms with Crippen molar-refractivity contribution in [1.82, 2.24) is 0 Å². The summed E-state index contributed by atoms with van der Waals surface area (Å²) in [5.74, 6) is 0. The molecule has 0 unspecified atom stereocenters. The topological polar surface area (TPSA) is 29.3 Å². The van der Waals surface area contributed by atoms with Crippen LogP contribution in [0.4, 0.5) is 5.69 Å². The first-order valence-corrected chi connectivity index (χ1v) is 7.20. The van der Waals surface area contributed by atoms with Crippen LogP contribution >= 0.6 is 11.3 Å².